The zero-order chi connectivity index (χ0) is 17.4. The molecule has 0 atom stereocenters. The zero-order valence-electron chi connectivity index (χ0n) is 13.9. The Bertz CT molecular complexity index is 662. The maximum absolute atomic E-state index is 12.7. The zero-order valence-corrected chi connectivity index (χ0v) is 15.5. The summed E-state index contributed by atoms with van der Waals surface area (Å²) in [5.41, 5.74) is 7.77. The van der Waals surface area contributed by atoms with Crippen LogP contribution < -0.4 is 10.5 Å². The van der Waals surface area contributed by atoms with Gasteiger partial charge >= 0.3 is 0 Å². The number of halogens is 1. The van der Waals surface area contributed by atoms with Crippen LogP contribution in [0.3, 0.4) is 0 Å². The summed E-state index contributed by atoms with van der Waals surface area (Å²) in [4.78, 5) is 14.5. The Balaban J connectivity index is 2.04. The lowest BCUT2D eigenvalue weighted by molar-refractivity contribution is -0.130. The summed E-state index contributed by atoms with van der Waals surface area (Å²) in [5, 5.41) is 0. The lowest BCUT2D eigenvalue weighted by atomic mass is 10.1. The van der Waals surface area contributed by atoms with E-state index >= 15 is 0 Å². The lowest BCUT2D eigenvalue weighted by Crippen LogP contribution is -2.37. The van der Waals surface area contributed by atoms with Gasteiger partial charge in [0.25, 0.3) is 0 Å². The van der Waals surface area contributed by atoms with Crippen LogP contribution in [0.15, 0.2) is 53.0 Å². The molecule has 0 heterocycles. The van der Waals surface area contributed by atoms with E-state index in [1.54, 1.807) is 7.11 Å². The maximum atomic E-state index is 12.7. The molecule has 5 heteroatoms. The van der Waals surface area contributed by atoms with Crippen molar-refractivity contribution in [3.63, 3.8) is 0 Å². The van der Waals surface area contributed by atoms with Gasteiger partial charge in [-0.25, -0.2) is 0 Å². The molecule has 2 aromatic carbocycles. The number of rotatable bonds is 8. The highest BCUT2D eigenvalue weighted by Gasteiger charge is 2.16. The predicted octanol–water partition coefficient (Wildman–Crippen LogP) is 3.03. The standard InChI is InChI=1S/C19H23BrN2O2/c1-24-18-8-7-17(20)13-16(18)14-19(23)22(12-10-21)11-9-15-5-3-2-4-6-15/h2-8,13H,9-12,14,21H2,1H3. The van der Waals surface area contributed by atoms with Crippen molar-refractivity contribution >= 4 is 21.8 Å². The molecule has 0 saturated carbocycles. The average molecular weight is 391 g/mol. The second kappa shape index (κ2) is 9.45. The van der Waals surface area contributed by atoms with Crippen LogP contribution in [0.25, 0.3) is 0 Å². The maximum Gasteiger partial charge on any atom is 0.227 e. The summed E-state index contributed by atoms with van der Waals surface area (Å²) in [6.45, 7) is 1.68. The van der Waals surface area contributed by atoms with Gasteiger partial charge in [-0.3, -0.25) is 4.79 Å². The number of hydrogen-bond donors (Lipinski definition) is 1. The molecule has 24 heavy (non-hydrogen) atoms. The van der Waals surface area contributed by atoms with E-state index in [0.29, 0.717) is 26.1 Å². The molecule has 1 amide bonds. The fraction of sp³-hybridized carbons (Fsp3) is 0.316. The quantitative estimate of drug-likeness (QED) is 0.753. The fourth-order valence-corrected chi connectivity index (χ4v) is 2.99. The number of nitrogens with zero attached hydrogens (tertiary/aromatic N) is 1. The molecular formula is C19H23BrN2O2. The molecule has 128 valence electrons. The van der Waals surface area contributed by atoms with Gasteiger partial charge in [-0.15, -0.1) is 0 Å². The van der Waals surface area contributed by atoms with E-state index in [-0.39, 0.29) is 5.91 Å². The first-order valence-corrected chi connectivity index (χ1v) is 8.77. The smallest absolute Gasteiger partial charge is 0.227 e. The molecule has 0 fully saturated rings. The topological polar surface area (TPSA) is 55.6 Å². The second-order valence-electron chi connectivity index (χ2n) is 5.54. The van der Waals surface area contributed by atoms with Crippen LogP contribution in [0.2, 0.25) is 0 Å². The molecule has 2 rings (SSSR count). The van der Waals surface area contributed by atoms with Gasteiger partial charge in [0.15, 0.2) is 0 Å². The van der Waals surface area contributed by atoms with Crippen molar-refractivity contribution in [3.05, 3.63) is 64.1 Å². The highest BCUT2D eigenvalue weighted by atomic mass is 79.9. The minimum Gasteiger partial charge on any atom is -0.496 e. The highest BCUT2D eigenvalue weighted by Crippen LogP contribution is 2.24. The highest BCUT2D eigenvalue weighted by molar-refractivity contribution is 9.10. The molecule has 0 aromatic heterocycles. The van der Waals surface area contributed by atoms with Gasteiger partial charge in [-0.1, -0.05) is 46.3 Å². The van der Waals surface area contributed by atoms with E-state index in [9.17, 15) is 4.79 Å². The normalized spacial score (nSPS) is 10.5. The predicted molar refractivity (Wildman–Crippen MR) is 100 cm³/mol. The molecule has 0 spiro atoms. The van der Waals surface area contributed by atoms with E-state index in [2.05, 4.69) is 28.1 Å². The van der Waals surface area contributed by atoms with Crippen LogP contribution >= 0.6 is 15.9 Å². The summed E-state index contributed by atoms with van der Waals surface area (Å²) in [6, 6.07) is 15.8. The van der Waals surface area contributed by atoms with E-state index in [4.69, 9.17) is 10.5 Å². The third-order valence-electron chi connectivity index (χ3n) is 3.85. The Kier molecular flexibility index (Phi) is 7.28. The van der Waals surface area contributed by atoms with Crippen molar-refractivity contribution in [2.45, 2.75) is 12.8 Å². The van der Waals surface area contributed by atoms with Crippen LogP contribution in [0.4, 0.5) is 0 Å². The average Bonchev–Trinajstić information content (AvgIpc) is 2.59. The van der Waals surface area contributed by atoms with E-state index in [1.165, 1.54) is 5.56 Å². The molecule has 0 aliphatic rings. The SMILES string of the molecule is COc1ccc(Br)cc1CC(=O)N(CCN)CCc1ccccc1. The Morgan fingerprint density at radius 2 is 1.92 bits per heavy atom. The summed E-state index contributed by atoms with van der Waals surface area (Å²) in [6.07, 6.45) is 1.12. The van der Waals surface area contributed by atoms with E-state index < -0.39 is 0 Å². The summed E-state index contributed by atoms with van der Waals surface area (Å²) in [7, 11) is 1.62. The Labute approximate surface area is 151 Å². The monoisotopic (exact) mass is 390 g/mol. The largest absolute Gasteiger partial charge is 0.496 e. The Hall–Kier alpha value is -1.85. The van der Waals surface area contributed by atoms with Crippen molar-refractivity contribution in [2.24, 2.45) is 5.73 Å². The lowest BCUT2D eigenvalue weighted by Gasteiger charge is -2.22. The number of ether oxygens (including phenoxy) is 1. The van der Waals surface area contributed by atoms with E-state index in [0.717, 1.165) is 22.2 Å². The first-order chi connectivity index (χ1) is 11.6. The number of amides is 1. The van der Waals surface area contributed by atoms with Crippen molar-refractivity contribution < 1.29 is 9.53 Å². The van der Waals surface area contributed by atoms with Crippen LogP contribution in [0.1, 0.15) is 11.1 Å². The van der Waals surface area contributed by atoms with Crippen molar-refractivity contribution in [1.29, 1.82) is 0 Å². The molecular weight excluding hydrogens is 368 g/mol. The summed E-state index contributed by atoms with van der Waals surface area (Å²) < 4.78 is 6.29. The number of methoxy groups -OCH3 is 1. The van der Waals surface area contributed by atoms with Gasteiger partial charge in [0, 0.05) is 29.7 Å². The third kappa shape index (κ3) is 5.35. The summed E-state index contributed by atoms with van der Waals surface area (Å²) >= 11 is 3.44. The van der Waals surface area contributed by atoms with Crippen LogP contribution in [0.5, 0.6) is 5.75 Å². The van der Waals surface area contributed by atoms with Gasteiger partial charge in [0.1, 0.15) is 5.75 Å². The van der Waals surface area contributed by atoms with E-state index in [1.807, 2.05) is 41.3 Å². The van der Waals surface area contributed by atoms with Crippen LogP contribution in [-0.4, -0.2) is 37.6 Å². The number of carbonyl (C=O) groups excluding carboxylic acids is 1. The minimum absolute atomic E-state index is 0.0628. The first kappa shape index (κ1) is 18.5. The number of nitrogens with two attached hydrogens (primary N) is 1. The Morgan fingerprint density at radius 1 is 1.17 bits per heavy atom. The first-order valence-electron chi connectivity index (χ1n) is 7.98. The number of carbonyl (C=O) groups is 1. The number of hydrogen-bond acceptors (Lipinski definition) is 3. The minimum atomic E-state index is 0.0628. The van der Waals surface area contributed by atoms with Gasteiger partial charge in [0.05, 0.1) is 13.5 Å². The molecule has 0 bridgehead atoms. The van der Waals surface area contributed by atoms with Gasteiger partial charge in [0.2, 0.25) is 5.91 Å². The van der Waals surface area contributed by atoms with Gasteiger partial charge in [-0.05, 0) is 30.2 Å². The van der Waals surface area contributed by atoms with Gasteiger partial charge in [-0.2, -0.15) is 0 Å². The number of benzene rings is 2. The second-order valence-corrected chi connectivity index (χ2v) is 6.45. The third-order valence-corrected chi connectivity index (χ3v) is 4.34. The molecule has 2 aromatic rings. The van der Waals surface area contributed by atoms with Crippen molar-refractivity contribution in [2.75, 3.05) is 26.7 Å². The molecule has 0 aliphatic carbocycles. The van der Waals surface area contributed by atoms with Crippen molar-refractivity contribution in [3.8, 4) is 5.75 Å². The van der Waals surface area contributed by atoms with Gasteiger partial charge < -0.3 is 15.4 Å². The molecule has 0 radical (unpaired) electrons. The molecule has 2 N–H and O–H groups in total. The summed E-state index contributed by atoms with van der Waals surface area (Å²) in [5.74, 6) is 0.787. The van der Waals surface area contributed by atoms with Crippen LogP contribution in [-0.2, 0) is 17.6 Å². The molecule has 0 saturated heterocycles. The molecule has 0 aliphatic heterocycles. The molecule has 0 unspecified atom stereocenters. The van der Waals surface area contributed by atoms with Crippen molar-refractivity contribution in [1.82, 2.24) is 4.90 Å². The fourth-order valence-electron chi connectivity index (χ4n) is 2.59. The Morgan fingerprint density at radius 3 is 2.58 bits per heavy atom. The molecule has 4 nitrogen and oxygen atoms in total. The van der Waals surface area contributed by atoms with Crippen LogP contribution in [0, 0.1) is 0 Å².